The zero-order chi connectivity index (χ0) is 21.1. The maximum Gasteiger partial charge on any atom is 0.280 e. The molecule has 0 unspecified atom stereocenters. The van der Waals surface area contributed by atoms with Gasteiger partial charge in [0.25, 0.3) is 5.91 Å². The molecule has 1 aliphatic rings. The molecule has 0 atom stereocenters. The topological polar surface area (TPSA) is 41.9 Å². The summed E-state index contributed by atoms with van der Waals surface area (Å²) in [7, 11) is 0. The number of amides is 1. The third-order valence-electron chi connectivity index (χ3n) is 4.62. The molecule has 0 radical (unpaired) electrons. The Hall–Kier alpha value is -2.70. The van der Waals surface area contributed by atoms with Gasteiger partial charge in [-0.2, -0.15) is 10.1 Å². The third-order valence-corrected chi connectivity index (χ3v) is 5.80. The van der Waals surface area contributed by atoms with Crippen LogP contribution in [0.4, 0.5) is 5.69 Å². The van der Waals surface area contributed by atoms with Gasteiger partial charge in [0.05, 0.1) is 25.9 Å². The number of benzene rings is 3. The van der Waals surface area contributed by atoms with Crippen LogP contribution in [0.3, 0.4) is 0 Å². The van der Waals surface area contributed by atoms with Crippen molar-refractivity contribution in [2.24, 2.45) is 5.10 Å². The largest absolute Gasteiger partial charge is 0.487 e. The molecule has 0 N–H and O–H groups in total. The van der Waals surface area contributed by atoms with E-state index >= 15 is 0 Å². The van der Waals surface area contributed by atoms with Gasteiger partial charge >= 0.3 is 0 Å². The number of nitrogens with zero attached hydrogens (tertiary/aromatic N) is 2. The molecule has 3 aromatic carbocycles. The molecule has 30 heavy (non-hydrogen) atoms. The number of hydrazone groups is 1. The van der Waals surface area contributed by atoms with Crippen molar-refractivity contribution in [2.45, 2.75) is 13.5 Å². The summed E-state index contributed by atoms with van der Waals surface area (Å²) in [5.74, 6) is 0.574. The Morgan fingerprint density at radius 2 is 1.57 bits per heavy atom. The SMILES string of the molecule is CC1=NN(c2ccccc2)C(=O)/C1=C/c1cc(Br)c(OCc2ccccc2)c(Br)c1. The number of hydrogen-bond donors (Lipinski definition) is 0. The van der Waals surface area contributed by atoms with E-state index in [9.17, 15) is 4.79 Å². The molecule has 3 aromatic rings. The summed E-state index contributed by atoms with van der Waals surface area (Å²) >= 11 is 7.18. The van der Waals surface area contributed by atoms with Gasteiger partial charge in [-0.3, -0.25) is 4.79 Å². The second-order valence-electron chi connectivity index (χ2n) is 6.78. The predicted molar refractivity (Wildman–Crippen MR) is 128 cm³/mol. The maximum absolute atomic E-state index is 12.9. The lowest BCUT2D eigenvalue weighted by molar-refractivity contribution is -0.114. The lowest BCUT2D eigenvalue weighted by atomic mass is 10.1. The zero-order valence-electron chi connectivity index (χ0n) is 16.2. The Kier molecular flexibility index (Phi) is 6.16. The smallest absolute Gasteiger partial charge is 0.280 e. The number of halogens is 2. The Morgan fingerprint density at radius 1 is 0.967 bits per heavy atom. The van der Waals surface area contributed by atoms with E-state index in [1.807, 2.05) is 85.8 Å². The molecule has 0 saturated heterocycles. The van der Waals surface area contributed by atoms with E-state index in [-0.39, 0.29) is 5.91 Å². The second-order valence-corrected chi connectivity index (χ2v) is 8.49. The number of ether oxygens (including phenoxy) is 1. The molecule has 1 amide bonds. The van der Waals surface area contributed by atoms with Gasteiger partial charge in [0.2, 0.25) is 0 Å². The van der Waals surface area contributed by atoms with E-state index in [4.69, 9.17) is 4.74 Å². The maximum atomic E-state index is 12.9. The Bertz CT molecular complexity index is 1120. The molecule has 1 aliphatic heterocycles. The normalized spacial score (nSPS) is 14.9. The van der Waals surface area contributed by atoms with Crippen molar-refractivity contribution in [1.82, 2.24) is 0 Å². The molecule has 6 heteroatoms. The summed E-state index contributed by atoms with van der Waals surface area (Å²) in [5, 5.41) is 5.86. The van der Waals surface area contributed by atoms with Crippen molar-refractivity contribution in [2.75, 3.05) is 5.01 Å². The molecule has 0 fully saturated rings. The van der Waals surface area contributed by atoms with E-state index in [1.165, 1.54) is 5.01 Å². The van der Waals surface area contributed by atoms with Gasteiger partial charge in [0.1, 0.15) is 12.4 Å². The van der Waals surface area contributed by atoms with Crippen LogP contribution >= 0.6 is 31.9 Å². The lowest BCUT2D eigenvalue weighted by Crippen LogP contribution is -2.21. The molecule has 150 valence electrons. The summed E-state index contributed by atoms with van der Waals surface area (Å²) in [4.78, 5) is 12.9. The van der Waals surface area contributed by atoms with Crippen molar-refractivity contribution < 1.29 is 9.53 Å². The van der Waals surface area contributed by atoms with E-state index in [0.29, 0.717) is 17.9 Å². The third kappa shape index (κ3) is 4.40. The van der Waals surface area contributed by atoms with Crippen molar-refractivity contribution in [3.63, 3.8) is 0 Å². The van der Waals surface area contributed by atoms with Gasteiger partial charge in [0, 0.05) is 0 Å². The standard InChI is InChI=1S/C24H18Br2N2O2/c1-16-20(24(29)28(27-16)19-10-6-3-7-11-19)12-18-13-21(25)23(22(26)14-18)30-15-17-8-4-2-5-9-17/h2-14H,15H2,1H3/b20-12+. The van der Waals surface area contributed by atoms with E-state index < -0.39 is 0 Å². The zero-order valence-corrected chi connectivity index (χ0v) is 19.4. The van der Waals surface area contributed by atoms with Gasteiger partial charge < -0.3 is 4.74 Å². The number of carbonyl (C=O) groups is 1. The van der Waals surface area contributed by atoms with Crippen LogP contribution in [-0.2, 0) is 11.4 Å². The van der Waals surface area contributed by atoms with Gasteiger partial charge in [-0.25, -0.2) is 0 Å². The predicted octanol–water partition coefficient (Wildman–Crippen LogP) is 6.60. The first-order valence-corrected chi connectivity index (χ1v) is 10.9. The van der Waals surface area contributed by atoms with Crippen LogP contribution < -0.4 is 9.75 Å². The monoisotopic (exact) mass is 524 g/mol. The van der Waals surface area contributed by atoms with Crippen LogP contribution in [0.25, 0.3) is 6.08 Å². The average Bonchev–Trinajstić information content (AvgIpc) is 3.03. The highest BCUT2D eigenvalue weighted by Crippen LogP contribution is 2.36. The first-order chi connectivity index (χ1) is 14.5. The fraction of sp³-hybridized carbons (Fsp3) is 0.0833. The Morgan fingerprint density at radius 3 is 2.20 bits per heavy atom. The molecule has 0 aromatic heterocycles. The van der Waals surface area contributed by atoms with Gasteiger partial charge in [0.15, 0.2) is 0 Å². The average molecular weight is 526 g/mol. The Labute approximate surface area is 192 Å². The van der Waals surface area contributed by atoms with Gasteiger partial charge in [-0.15, -0.1) is 0 Å². The highest BCUT2D eigenvalue weighted by Gasteiger charge is 2.28. The molecule has 4 rings (SSSR count). The quantitative estimate of drug-likeness (QED) is 0.352. The highest BCUT2D eigenvalue weighted by molar-refractivity contribution is 9.11. The van der Waals surface area contributed by atoms with E-state index in [1.54, 1.807) is 0 Å². The van der Waals surface area contributed by atoms with Gasteiger partial charge in [-0.1, -0.05) is 48.5 Å². The van der Waals surface area contributed by atoms with Crippen LogP contribution in [0.1, 0.15) is 18.1 Å². The molecule has 4 nitrogen and oxygen atoms in total. The Balaban J connectivity index is 1.57. The fourth-order valence-corrected chi connectivity index (χ4v) is 4.58. The van der Waals surface area contributed by atoms with Crippen LogP contribution in [0.5, 0.6) is 5.75 Å². The molecule has 1 heterocycles. The van der Waals surface area contributed by atoms with Crippen molar-refractivity contribution in [3.05, 3.63) is 98.4 Å². The first-order valence-electron chi connectivity index (χ1n) is 9.35. The van der Waals surface area contributed by atoms with E-state index in [0.717, 1.165) is 31.5 Å². The van der Waals surface area contributed by atoms with E-state index in [2.05, 4.69) is 37.0 Å². The molecule has 0 spiro atoms. The van der Waals surface area contributed by atoms with Crippen LogP contribution in [0, 0.1) is 0 Å². The number of para-hydroxylation sites is 1. The molecule has 0 bridgehead atoms. The molecular formula is C24H18Br2N2O2. The second kappa shape index (κ2) is 8.98. The minimum Gasteiger partial charge on any atom is -0.487 e. The summed E-state index contributed by atoms with van der Waals surface area (Å²) < 4.78 is 7.59. The summed E-state index contributed by atoms with van der Waals surface area (Å²) in [6, 6.07) is 23.3. The summed E-state index contributed by atoms with van der Waals surface area (Å²) in [5.41, 5.74) is 3.95. The molecule has 0 aliphatic carbocycles. The van der Waals surface area contributed by atoms with Crippen molar-refractivity contribution >= 4 is 55.2 Å². The van der Waals surface area contributed by atoms with Crippen LogP contribution in [0.2, 0.25) is 0 Å². The molecule has 0 saturated carbocycles. The molecular weight excluding hydrogens is 508 g/mol. The minimum atomic E-state index is -0.143. The summed E-state index contributed by atoms with van der Waals surface area (Å²) in [6.45, 7) is 2.31. The number of rotatable bonds is 5. The number of anilines is 1. The summed E-state index contributed by atoms with van der Waals surface area (Å²) in [6.07, 6.45) is 1.85. The number of hydrogen-bond acceptors (Lipinski definition) is 3. The lowest BCUT2D eigenvalue weighted by Gasteiger charge is -2.12. The van der Waals surface area contributed by atoms with Crippen LogP contribution in [0.15, 0.2) is 92.4 Å². The van der Waals surface area contributed by atoms with Crippen molar-refractivity contribution in [1.29, 1.82) is 0 Å². The highest BCUT2D eigenvalue weighted by atomic mass is 79.9. The van der Waals surface area contributed by atoms with Crippen LogP contribution in [-0.4, -0.2) is 11.6 Å². The fourth-order valence-electron chi connectivity index (χ4n) is 3.13. The minimum absolute atomic E-state index is 0.143. The van der Waals surface area contributed by atoms with Gasteiger partial charge in [-0.05, 0) is 80.3 Å². The number of carbonyl (C=O) groups excluding carboxylic acids is 1. The first kappa shape index (κ1) is 20.6. The van der Waals surface area contributed by atoms with Crippen molar-refractivity contribution in [3.8, 4) is 5.75 Å².